The fourth-order valence-electron chi connectivity index (χ4n) is 2.78. The average molecular weight is 313 g/mol. The van der Waals surface area contributed by atoms with E-state index in [1.54, 1.807) is 16.8 Å². The second-order valence-electron chi connectivity index (χ2n) is 5.61. The summed E-state index contributed by atoms with van der Waals surface area (Å²) in [5.74, 6) is -0.606. The standard InChI is InChI=1S/C18H19NO4/c1-22-18(21)14-8-5-11-19(17(14)20)15-9-10-16(15)23-12-13-6-3-2-4-7-13/h2-8,11,15-16H,9-10,12H2,1H3/t15-,16+/m0/s1. The topological polar surface area (TPSA) is 57.5 Å². The molecule has 1 saturated carbocycles. The fourth-order valence-corrected chi connectivity index (χ4v) is 2.78. The van der Waals surface area contributed by atoms with E-state index in [1.165, 1.54) is 13.2 Å². The number of hydrogen-bond donors (Lipinski definition) is 0. The van der Waals surface area contributed by atoms with Crippen LogP contribution in [-0.2, 0) is 16.1 Å². The molecule has 0 bridgehead atoms. The molecule has 23 heavy (non-hydrogen) atoms. The first-order valence-electron chi connectivity index (χ1n) is 7.65. The molecule has 3 rings (SSSR count). The zero-order chi connectivity index (χ0) is 16.2. The lowest BCUT2D eigenvalue weighted by atomic mass is 9.88. The summed E-state index contributed by atoms with van der Waals surface area (Å²) < 4.78 is 12.2. The normalized spacial score (nSPS) is 19.9. The molecule has 0 aliphatic heterocycles. The van der Waals surface area contributed by atoms with E-state index >= 15 is 0 Å². The van der Waals surface area contributed by atoms with Crippen LogP contribution in [0.1, 0.15) is 34.8 Å². The van der Waals surface area contributed by atoms with Gasteiger partial charge in [-0.25, -0.2) is 4.79 Å². The van der Waals surface area contributed by atoms with Gasteiger partial charge in [0.25, 0.3) is 5.56 Å². The summed E-state index contributed by atoms with van der Waals surface area (Å²) in [6.45, 7) is 0.521. The van der Waals surface area contributed by atoms with Gasteiger partial charge in [0.1, 0.15) is 5.56 Å². The second-order valence-corrected chi connectivity index (χ2v) is 5.61. The van der Waals surface area contributed by atoms with Crippen LogP contribution < -0.4 is 5.56 Å². The predicted molar refractivity (Wildman–Crippen MR) is 85.3 cm³/mol. The summed E-state index contributed by atoms with van der Waals surface area (Å²) in [4.78, 5) is 24.1. The molecule has 1 aromatic heterocycles. The Bertz CT molecular complexity index is 738. The van der Waals surface area contributed by atoms with E-state index in [-0.39, 0.29) is 23.3 Å². The molecule has 1 aliphatic rings. The van der Waals surface area contributed by atoms with Crippen LogP contribution in [-0.4, -0.2) is 23.8 Å². The van der Waals surface area contributed by atoms with Crippen LogP contribution in [0.3, 0.4) is 0 Å². The molecule has 0 radical (unpaired) electrons. The Morgan fingerprint density at radius 3 is 2.61 bits per heavy atom. The van der Waals surface area contributed by atoms with Crippen LogP contribution in [0.15, 0.2) is 53.5 Å². The molecule has 0 saturated heterocycles. The lowest BCUT2D eigenvalue weighted by Crippen LogP contribution is -2.42. The number of ether oxygens (including phenoxy) is 2. The molecule has 0 spiro atoms. The van der Waals surface area contributed by atoms with E-state index in [1.807, 2.05) is 30.3 Å². The highest BCUT2D eigenvalue weighted by Gasteiger charge is 2.34. The van der Waals surface area contributed by atoms with Crippen molar-refractivity contribution in [1.82, 2.24) is 4.57 Å². The van der Waals surface area contributed by atoms with E-state index in [2.05, 4.69) is 4.74 Å². The summed E-state index contributed by atoms with van der Waals surface area (Å²) in [5, 5.41) is 0. The monoisotopic (exact) mass is 313 g/mol. The quantitative estimate of drug-likeness (QED) is 0.796. The van der Waals surface area contributed by atoms with Crippen LogP contribution in [0.2, 0.25) is 0 Å². The number of esters is 1. The molecule has 5 nitrogen and oxygen atoms in total. The summed E-state index contributed by atoms with van der Waals surface area (Å²) in [6, 6.07) is 13.1. The van der Waals surface area contributed by atoms with Crippen LogP contribution in [0.25, 0.3) is 0 Å². The smallest absolute Gasteiger partial charge is 0.343 e. The molecule has 0 amide bonds. The number of rotatable bonds is 5. The summed E-state index contributed by atoms with van der Waals surface area (Å²) in [6.07, 6.45) is 3.47. The van der Waals surface area contributed by atoms with E-state index < -0.39 is 5.97 Å². The number of aromatic nitrogens is 1. The second kappa shape index (κ2) is 6.79. The first kappa shape index (κ1) is 15.5. The molecule has 2 atom stereocenters. The van der Waals surface area contributed by atoms with Gasteiger partial charge in [-0.3, -0.25) is 4.79 Å². The van der Waals surface area contributed by atoms with Crippen LogP contribution in [0.5, 0.6) is 0 Å². The van der Waals surface area contributed by atoms with Gasteiger partial charge in [-0.1, -0.05) is 30.3 Å². The summed E-state index contributed by atoms with van der Waals surface area (Å²) >= 11 is 0. The fraction of sp³-hybridized carbons (Fsp3) is 0.333. The van der Waals surface area contributed by atoms with Crippen molar-refractivity contribution in [2.75, 3.05) is 7.11 Å². The van der Waals surface area contributed by atoms with Crippen molar-refractivity contribution in [1.29, 1.82) is 0 Å². The third-order valence-corrected chi connectivity index (χ3v) is 4.22. The van der Waals surface area contributed by atoms with Crippen LogP contribution in [0.4, 0.5) is 0 Å². The van der Waals surface area contributed by atoms with Gasteiger partial charge in [0.2, 0.25) is 0 Å². The Labute approximate surface area is 134 Å². The summed E-state index contributed by atoms with van der Waals surface area (Å²) in [5.41, 5.74) is 0.842. The number of carbonyl (C=O) groups excluding carboxylic acids is 1. The average Bonchev–Trinajstić information content (AvgIpc) is 2.56. The van der Waals surface area contributed by atoms with E-state index in [9.17, 15) is 9.59 Å². The molecular weight excluding hydrogens is 294 g/mol. The van der Waals surface area contributed by atoms with E-state index in [0.29, 0.717) is 6.61 Å². The zero-order valence-electron chi connectivity index (χ0n) is 13.0. The van der Waals surface area contributed by atoms with Crippen molar-refractivity contribution in [2.24, 2.45) is 0 Å². The molecule has 1 heterocycles. The molecule has 0 N–H and O–H groups in total. The van der Waals surface area contributed by atoms with Gasteiger partial charge >= 0.3 is 5.97 Å². The van der Waals surface area contributed by atoms with Crippen LogP contribution >= 0.6 is 0 Å². The highest BCUT2D eigenvalue weighted by Crippen LogP contribution is 2.34. The Morgan fingerprint density at radius 2 is 1.96 bits per heavy atom. The van der Waals surface area contributed by atoms with Gasteiger partial charge in [-0.05, 0) is 30.5 Å². The molecule has 1 fully saturated rings. The predicted octanol–water partition coefficient (Wildman–Crippen LogP) is 2.56. The third-order valence-electron chi connectivity index (χ3n) is 4.22. The molecule has 5 heteroatoms. The molecule has 1 aliphatic carbocycles. The number of pyridine rings is 1. The largest absolute Gasteiger partial charge is 0.465 e. The molecule has 1 aromatic carbocycles. The van der Waals surface area contributed by atoms with Gasteiger partial charge in [-0.2, -0.15) is 0 Å². The Kier molecular flexibility index (Phi) is 4.57. The van der Waals surface area contributed by atoms with Gasteiger partial charge in [-0.15, -0.1) is 0 Å². The number of benzene rings is 1. The van der Waals surface area contributed by atoms with Crippen molar-refractivity contribution in [3.8, 4) is 0 Å². The highest BCUT2D eigenvalue weighted by molar-refractivity contribution is 5.88. The maximum absolute atomic E-state index is 12.4. The zero-order valence-corrected chi connectivity index (χ0v) is 13.0. The molecule has 2 aromatic rings. The number of carbonyl (C=O) groups is 1. The molecule has 0 unspecified atom stereocenters. The van der Waals surface area contributed by atoms with E-state index in [0.717, 1.165) is 18.4 Å². The maximum Gasteiger partial charge on any atom is 0.343 e. The SMILES string of the molecule is COC(=O)c1cccn([C@H]2CC[C@H]2OCc2ccccc2)c1=O. The Hall–Kier alpha value is -2.40. The van der Waals surface area contributed by atoms with E-state index in [4.69, 9.17) is 4.74 Å². The molecular formula is C18H19NO4. The van der Waals surface area contributed by atoms with Gasteiger partial charge < -0.3 is 14.0 Å². The third kappa shape index (κ3) is 3.19. The van der Waals surface area contributed by atoms with Crippen molar-refractivity contribution in [3.05, 3.63) is 70.1 Å². The van der Waals surface area contributed by atoms with Gasteiger partial charge in [0.15, 0.2) is 0 Å². The van der Waals surface area contributed by atoms with Gasteiger partial charge in [0, 0.05) is 6.20 Å². The highest BCUT2D eigenvalue weighted by atomic mass is 16.5. The lowest BCUT2D eigenvalue weighted by molar-refractivity contribution is -0.0504. The Morgan fingerprint density at radius 1 is 1.17 bits per heavy atom. The lowest BCUT2D eigenvalue weighted by Gasteiger charge is -2.37. The number of hydrogen-bond acceptors (Lipinski definition) is 4. The van der Waals surface area contributed by atoms with Gasteiger partial charge in [0.05, 0.1) is 25.9 Å². The van der Waals surface area contributed by atoms with Crippen LogP contribution in [0, 0.1) is 0 Å². The van der Waals surface area contributed by atoms with Crippen molar-refractivity contribution in [2.45, 2.75) is 31.6 Å². The first-order valence-corrected chi connectivity index (χ1v) is 7.65. The summed E-state index contributed by atoms with van der Waals surface area (Å²) in [7, 11) is 1.27. The Balaban J connectivity index is 1.72. The minimum absolute atomic E-state index is 0.0131. The minimum Gasteiger partial charge on any atom is -0.465 e. The van der Waals surface area contributed by atoms with Crippen molar-refractivity contribution in [3.63, 3.8) is 0 Å². The minimum atomic E-state index is -0.606. The van der Waals surface area contributed by atoms with Crippen molar-refractivity contribution >= 4 is 5.97 Å². The molecule has 120 valence electrons. The first-order chi connectivity index (χ1) is 11.2. The maximum atomic E-state index is 12.4. The van der Waals surface area contributed by atoms with Crippen molar-refractivity contribution < 1.29 is 14.3 Å². The number of nitrogens with zero attached hydrogens (tertiary/aromatic N) is 1. The number of methoxy groups -OCH3 is 1.